The molecule has 1 aromatic rings. The topological polar surface area (TPSA) is 35.2 Å². The lowest BCUT2D eigenvalue weighted by Crippen LogP contribution is -2.27. The molecule has 2 rings (SSSR count). The van der Waals surface area contributed by atoms with Crippen molar-refractivity contribution in [3.63, 3.8) is 0 Å². The average Bonchev–Trinajstić information content (AvgIpc) is 2.77. The van der Waals surface area contributed by atoms with Crippen LogP contribution in [0.15, 0.2) is 18.2 Å². The molecule has 1 saturated carbocycles. The van der Waals surface area contributed by atoms with E-state index in [2.05, 4.69) is 4.74 Å². The highest BCUT2D eigenvalue weighted by atomic mass is 19.4. The minimum atomic E-state index is -4.68. The molecule has 0 heterocycles. The van der Waals surface area contributed by atoms with E-state index in [9.17, 15) is 22.0 Å². The van der Waals surface area contributed by atoms with Crippen LogP contribution in [0.2, 0.25) is 0 Å². The maximum atomic E-state index is 13.0. The molecule has 0 aromatic heterocycles. The molecule has 0 amide bonds. The molecular formula is C11H10F5NO. The van der Waals surface area contributed by atoms with Crippen LogP contribution in [0.4, 0.5) is 22.0 Å². The number of ether oxygens (including phenoxy) is 1. The minimum Gasteiger partial charge on any atom is -0.496 e. The zero-order valence-electron chi connectivity index (χ0n) is 9.31. The van der Waals surface area contributed by atoms with Crippen molar-refractivity contribution >= 4 is 0 Å². The van der Waals surface area contributed by atoms with Gasteiger partial charge in [0.15, 0.2) is 0 Å². The second kappa shape index (κ2) is 3.57. The first kappa shape index (κ1) is 13.1. The Morgan fingerprint density at radius 2 is 1.83 bits per heavy atom. The fourth-order valence-corrected chi connectivity index (χ4v) is 1.83. The second-order valence-electron chi connectivity index (χ2n) is 4.27. The van der Waals surface area contributed by atoms with E-state index >= 15 is 0 Å². The van der Waals surface area contributed by atoms with Crippen molar-refractivity contribution in [2.45, 2.75) is 24.1 Å². The van der Waals surface area contributed by atoms with Crippen LogP contribution in [0.1, 0.15) is 17.5 Å². The molecule has 0 radical (unpaired) electrons. The first-order valence-electron chi connectivity index (χ1n) is 5.04. The van der Waals surface area contributed by atoms with E-state index in [1.165, 1.54) is 0 Å². The number of rotatable bonds is 2. The largest absolute Gasteiger partial charge is 0.496 e. The van der Waals surface area contributed by atoms with Gasteiger partial charge in [0.2, 0.25) is 0 Å². The van der Waals surface area contributed by atoms with E-state index in [1.807, 2.05) is 0 Å². The van der Waals surface area contributed by atoms with E-state index in [-0.39, 0.29) is 5.56 Å². The van der Waals surface area contributed by atoms with Crippen LogP contribution >= 0.6 is 0 Å². The Kier molecular flexibility index (Phi) is 2.59. The van der Waals surface area contributed by atoms with Crippen molar-refractivity contribution in [2.75, 3.05) is 7.11 Å². The molecule has 1 aliphatic rings. The lowest BCUT2D eigenvalue weighted by molar-refractivity contribution is -0.138. The van der Waals surface area contributed by atoms with Gasteiger partial charge in [0.05, 0.1) is 12.7 Å². The zero-order valence-corrected chi connectivity index (χ0v) is 9.31. The van der Waals surface area contributed by atoms with Gasteiger partial charge in [-0.2, -0.15) is 13.2 Å². The molecule has 1 aromatic carbocycles. The first-order valence-corrected chi connectivity index (χ1v) is 5.04. The van der Waals surface area contributed by atoms with Gasteiger partial charge in [-0.05, 0) is 17.7 Å². The summed E-state index contributed by atoms with van der Waals surface area (Å²) in [6.45, 7) is 0. The van der Waals surface area contributed by atoms with Crippen LogP contribution in [0.25, 0.3) is 0 Å². The quantitative estimate of drug-likeness (QED) is 0.836. The number of alkyl halides is 5. The van der Waals surface area contributed by atoms with Crippen LogP contribution in [0.5, 0.6) is 5.75 Å². The number of benzene rings is 1. The summed E-state index contributed by atoms with van der Waals surface area (Å²) in [6.07, 6.45) is -5.33. The SMILES string of the molecule is COc1ccc(C2(N)CC2(F)F)cc1C(F)(F)F. The highest BCUT2D eigenvalue weighted by molar-refractivity contribution is 5.45. The van der Waals surface area contributed by atoms with E-state index in [4.69, 9.17) is 5.73 Å². The Balaban J connectivity index is 2.48. The second-order valence-corrected chi connectivity index (χ2v) is 4.27. The molecule has 0 bridgehead atoms. The monoisotopic (exact) mass is 267 g/mol. The summed E-state index contributed by atoms with van der Waals surface area (Å²) in [5.41, 5.74) is 2.05. The van der Waals surface area contributed by atoms with Crippen LogP contribution in [0.3, 0.4) is 0 Å². The number of halogens is 5. The van der Waals surface area contributed by atoms with Gasteiger partial charge in [-0.3, -0.25) is 0 Å². The summed E-state index contributed by atoms with van der Waals surface area (Å²) in [7, 11) is 1.08. The van der Waals surface area contributed by atoms with Gasteiger partial charge in [-0.25, -0.2) is 8.78 Å². The third kappa shape index (κ3) is 1.82. The zero-order chi connectivity index (χ0) is 13.8. The van der Waals surface area contributed by atoms with E-state index < -0.39 is 35.4 Å². The van der Waals surface area contributed by atoms with Crippen molar-refractivity contribution in [3.8, 4) is 5.75 Å². The van der Waals surface area contributed by atoms with Gasteiger partial charge < -0.3 is 10.5 Å². The average molecular weight is 267 g/mol. The molecule has 1 aliphatic carbocycles. The van der Waals surface area contributed by atoms with Gasteiger partial charge in [0, 0.05) is 6.42 Å². The van der Waals surface area contributed by atoms with Crippen LogP contribution in [-0.4, -0.2) is 13.0 Å². The first-order chi connectivity index (χ1) is 8.12. The maximum Gasteiger partial charge on any atom is 0.419 e. The van der Waals surface area contributed by atoms with Gasteiger partial charge in [-0.15, -0.1) is 0 Å². The molecule has 0 spiro atoms. The smallest absolute Gasteiger partial charge is 0.419 e. The molecule has 0 aliphatic heterocycles. The molecule has 18 heavy (non-hydrogen) atoms. The molecule has 2 N–H and O–H groups in total. The number of hydrogen-bond donors (Lipinski definition) is 1. The fourth-order valence-electron chi connectivity index (χ4n) is 1.83. The Bertz CT molecular complexity index is 485. The van der Waals surface area contributed by atoms with Crippen molar-refractivity contribution < 1.29 is 26.7 Å². The predicted molar refractivity (Wildman–Crippen MR) is 53.4 cm³/mol. The highest BCUT2D eigenvalue weighted by Gasteiger charge is 2.70. The molecule has 0 saturated heterocycles. The van der Waals surface area contributed by atoms with Gasteiger partial charge in [0.1, 0.15) is 11.3 Å². The summed E-state index contributed by atoms with van der Waals surface area (Å²) in [6, 6.07) is 2.76. The molecule has 7 heteroatoms. The van der Waals surface area contributed by atoms with E-state index in [1.54, 1.807) is 0 Å². The minimum absolute atomic E-state index is 0.236. The van der Waals surface area contributed by atoms with Gasteiger partial charge >= 0.3 is 6.18 Å². The highest BCUT2D eigenvalue weighted by Crippen LogP contribution is 2.58. The van der Waals surface area contributed by atoms with Crippen molar-refractivity contribution in [1.82, 2.24) is 0 Å². The van der Waals surface area contributed by atoms with E-state index in [0.717, 1.165) is 19.2 Å². The van der Waals surface area contributed by atoms with Crippen LogP contribution in [-0.2, 0) is 11.7 Å². The third-order valence-electron chi connectivity index (χ3n) is 3.05. The lowest BCUT2D eigenvalue weighted by Gasteiger charge is -2.16. The number of methoxy groups -OCH3 is 1. The molecule has 2 nitrogen and oxygen atoms in total. The van der Waals surface area contributed by atoms with Crippen molar-refractivity contribution in [3.05, 3.63) is 29.3 Å². The molecular weight excluding hydrogens is 257 g/mol. The van der Waals surface area contributed by atoms with Crippen molar-refractivity contribution in [1.29, 1.82) is 0 Å². The van der Waals surface area contributed by atoms with E-state index in [0.29, 0.717) is 6.07 Å². The normalized spacial score (nSPS) is 25.9. The third-order valence-corrected chi connectivity index (χ3v) is 3.05. The van der Waals surface area contributed by atoms with Gasteiger partial charge in [-0.1, -0.05) is 6.07 Å². The van der Waals surface area contributed by atoms with Crippen LogP contribution < -0.4 is 10.5 Å². The fraction of sp³-hybridized carbons (Fsp3) is 0.455. The van der Waals surface area contributed by atoms with Crippen molar-refractivity contribution in [2.24, 2.45) is 5.73 Å². The molecule has 100 valence electrons. The summed E-state index contributed by atoms with van der Waals surface area (Å²) in [5, 5.41) is 0. The summed E-state index contributed by atoms with van der Waals surface area (Å²) < 4.78 is 68.8. The Morgan fingerprint density at radius 1 is 1.28 bits per heavy atom. The molecule has 1 fully saturated rings. The molecule has 1 atom stereocenters. The lowest BCUT2D eigenvalue weighted by atomic mass is 10.0. The standard InChI is InChI=1S/C11H10F5NO/c1-18-8-3-2-6(4-7(8)11(14,15)16)9(17)5-10(9,12)13/h2-4H,5,17H2,1H3. The molecule has 1 unspecified atom stereocenters. The van der Waals surface area contributed by atoms with Crippen LogP contribution in [0, 0.1) is 0 Å². The number of hydrogen-bond acceptors (Lipinski definition) is 2. The summed E-state index contributed by atoms with van der Waals surface area (Å²) in [5.74, 6) is -3.58. The summed E-state index contributed by atoms with van der Waals surface area (Å²) >= 11 is 0. The number of nitrogens with two attached hydrogens (primary N) is 1. The maximum absolute atomic E-state index is 13.0. The van der Waals surface area contributed by atoms with Gasteiger partial charge in [0.25, 0.3) is 5.92 Å². The summed E-state index contributed by atoms with van der Waals surface area (Å²) in [4.78, 5) is 0. The Labute approximate surface area is 99.5 Å². The Morgan fingerprint density at radius 3 is 2.22 bits per heavy atom. The predicted octanol–water partition coefficient (Wildman–Crippen LogP) is 2.91. The Hall–Kier alpha value is -1.37.